The number of aryl methyl sites for hydroxylation is 1. The zero-order valence-corrected chi connectivity index (χ0v) is 14.3. The third-order valence-electron chi connectivity index (χ3n) is 5.63. The van der Waals surface area contributed by atoms with Crippen molar-refractivity contribution in [3.63, 3.8) is 0 Å². The summed E-state index contributed by atoms with van der Waals surface area (Å²) in [5.74, 6) is 2.38. The molecule has 1 saturated carbocycles. The average Bonchev–Trinajstić information content (AvgIpc) is 3.21. The Morgan fingerprint density at radius 2 is 2.26 bits per heavy atom. The van der Waals surface area contributed by atoms with E-state index in [0.29, 0.717) is 12.0 Å². The molecule has 2 aromatic rings. The molecule has 4 nitrogen and oxygen atoms in total. The van der Waals surface area contributed by atoms with Crippen LogP contribution in [0.2, 0.25) is 0 Å². The van der Waals surface area contributed by atoms with Crippen LogP contribution in [0.4, 0.5) is 0 Å². The monoisotopic (exact) mass is 310 g/mol. The van der Waals surface area contributed by atoms with Gasteiger partial charge in [-0.1, -0.05) is 12.6 Å². The number of rotatable bonds is 4. The van der Waals surface area contributed by atoms with E-state index in [1.54, 1.807) is 0 Å². The Bertz CT molecular complexity index is 758. The summed E-state index contributed by atoms with van der Waals surface area (Å²) in [6, 6.07) is 4.91. The van der Waals surface area contributed by atoms with Crippen LogP contribution in [0, 0.1) is 18.8 Å². The maximum atomic E-state index is 4.70. The summed E-state index contributed by atoms with van der Waals surface area (Å²) < 4.78 is 2.19. The van der Waals surface area contributed by atoms with E-state index in [0.717, 1.165) is 18.3 Å². The maximum Gasteiger partial charge on any atom is 0.138 e. The second-order valence-corrected chi connectivity index (χ2v) is 7.75. The molecule has 2 fully saturated rings. The highest BCUT2D eigenvalue weighted by Gasteiger charge is 2.41. The predicted octanol–water partition coefficient (Wildman–Crippen LogP) is 2.98. The average molecular weight is 310 g/mol. The first kappa shape index (κ1) is 14.8. The Morgan fingerprint density at radius 3 is 2.96 bits per heavy atom. The van der Waals surface area contributed by atoms with Crippen molar-refractivity contribution in [1.29, 1.82) is 0 Å². The van der Waals surface area contributed by atoms with Crippen molar-refractivity contribution in [3.8, 4) is 0 Å². The van der Waals surface area contributed by atoms with Gasteiger partial charge in [0.15, 0.2) is 0 Å². The van der Waals surface area contributed by atoms with Crippen LogP contribution in [0.3, 0.4) is 0 Å². The van der Waals surface area contributed by atoms with Crippen molar-refractivity contribution in [2.45, 2.75) is 45.2 Å². The lowest BCUT2D eigenvalue weighted by Crippen LogP contribution is -2.41. The first-order valence-corrected chi connectivity index (χ1v) is 8.59. The Kier molecular flexibility index (Phi) is 3.27. The van der Waals surface area contributed by atoms with Gasteiger partial charge in [-0.25, -0.2) is 4.98 Å². The fourth-order valence-corrected chi connectivity index (χ4v) is 4.44. The van der Waals surface area contributed by atoms with Crippen molar-refractivity contribution >= 4 is 5.52 Å². The number of fused-ring (bicyclic) bond motifs is 3. The highest BCUT2D eigenvalue weighted by molar-refractivity contribution is 5.53. The molecule has 2 bridgehead atoms. The number of nitrogens with zero attached hydrogens (tertiary/aromatic N) is 2. The summed E-state index contributed by atoms with van der Waals surface area (Å²) in [5.41, 5.74) is 3.35. The highest BCUT2D eigenvalue weighted by Crippen LogP contribution is 2.40. The zero-order chi connectivity index (χ0) is 16.2. The summed E-state index contributed by atoms with van der Waals surface area (Å²) in [7, 11) is 0. The minimum absolute atomic E-state index is 0.243. The standard InChI is InChI=1S/C19H26N4/c1-12-6-5-7-23-17(12)11-21-18(23)19(3,4)22-13(2)16-9-15-8-14(16)10-20-15/h5-7,11,14-16,20,22H,2,8-10H2,1,3-4H3. The van der Waals surface area contributed by atoms with E-state index >= 15 is 0 Å². The summed E-state index contributed by atoms with van der Waals surface area (Å²) in [6.45, 7) is 12.0. The Labute approximate surface area is 138 Å². The van der Waals surface area contributed by atoms with Gasteiger partial charge >= 0.3 is 0 Å². The Morgan fingerprint density at radius 1 is 1.43 bits per heavy atom. The molecule has 1 aliphatic heterocycles. The molecule has 3 heterocycles. The summed E-state index contributed by atoms with van der Waals surface area (Å²) in [4.78, 5) is 4.70. The third-order valence-corrected chi connectivity index (χ3v) is 5.63. The van der Waals surface area contributed by atoms with Crippen LogP contribution in [0.25, 0.3) is 5.52 Å². The van der Waals surface area contributed by atoms with Gasteiger partial charge in [0.2, 0.25) is 0 Å². The molecule has 3 atom stereocenters. The molecule has 122 valence electrons. The van der Waals surface area contributed by atoms with E-state index in [4.69, 9.17) is 4.98 Å². The topological polar surface area (TPSA) is 41.4 Å². The predicted molar refractivity (Wildman–Crippen MR) is 93.2 cm³/mol. The largest absolute Gasteiger partial charge is 0.377 e. The fourth-order valence-electron chi connectivity index (χ4n) is 4.44. The zero-order valence-electron chi connectivity index (χ0n) is 14.3. The number of hydrogen-bond donors (Lipinski definition) is 2. The number of allylic oxidation sites excluding steroid dienone is 1. The van der Waals surface area contributed by atoms with Gasteiger partial charge in [0.05, 0.1) is 17.3 Å². The van der Waals surface area contributed by atoms with Crippen molar-refractivity contribution < 1.29 is 0 Å². The van der Waals surface area contributed by atoms with Crippen LogP contribution in [0.1, 0.15) is 38.1 Å². The molecule has 1 aliphatic carbocycles. The SMILES string of the molecule is C=C(NC(C)(C)c1ncc2c(C)cccn12)C1CC2CC1CN2. The van der Waals surface area contributed by atoms with Crippen LogP contribution in [-0.4, -0.2) is 22.0 Å². The normalized spacial score (nSPS) is 26.8. The summed E-state index contributed by atoms with van der Waals surface area (Å²) in [6.07, 6.45) is 6.59. The lowest BCUT2D eigenvalue weighted by atomic mass is 9.90. The summed E-state index contributed by atoms with van der Waals surface area (Å²) in [5, 5.41) is 7.27. The second-order valence-electron chi connectivity index (χ2n) is 7.75. The van der Waals surface area contributed by atoms with E-state index in [1.807, 2.05) is 6.20 Å². The second kappa shape index (κ2) is 5.10. The van der Waals surface area contributed by atoms with E-state index in [9.17, 15) is 0 Å². The van der Waals surface area contributed by atoms with E-state index in [-0.39, 0.29) is 5.54 Å². The van der Waals surface area contributed by atoms with Crippen LogP contribution in [0.5, 0.6) is 0 Å². The van der Waals surface area contributed by atoms with E-state index in [1.165, 1.54) is 29.6 Å². The third kappa shape index (κ3) is 2.36. The molecule has 4 rings (SSSR count). The molecule has 4 heteroatoms. The van der Waals surface area contributed by atoms with E-state index in [2.05, 4.69) is 60.7 Å². The Hall–Kier alpha value is -1.81. The highest BCUT2D eigenvalue weighted by atomic mass is 15.1. The van der Waals surface area contributed by atoms with Crippen molar-refractivity contribution in [2.75, 3.05) is 6.54 Å². The smallest absolute Gasteiger partial charge is 0.138 e. The molecule has 2 N–H and O–H groups in total. The van der Waals surface area contributed by atoms with Gasteiger partial charge in [-0.3, -0.25) is 0 Å². The molecule has 3 unspecified atom stereocenters. The number of piperidine rings is 1. The number of aromatic nitrogens is 2. The van der Waals surface area contributed by atoms with Gasteiger partial charge in [0.1, 0.15) is 5.82 Å². The van der Waals surface area contributed by atoms with E-state index < -0.39 is 0 Å². The molecule has 0 aromatic carbocycles. The lowest BCUT2D eigenvalue weighted by molar-refractivity contribution is 0.334. The maximum absolute atomic E-state index is 4.70. The Balaban J connectivity index is 1.59. The quantitative estimate of drug-likeness (QED) is 0.912. The molecule has 2 aromatic heterocycles. The lowest BCUT2D eigenvalue weighted by Gasteiger charge is -2.33. The van der Waals surface area contributed by atoms with Gasteiger partial charge in [0, 0.05) is 23.9 Å². The molecule has 23 heavy (non-hydrogen) atoms. The molecular formula is C19H26N4. The molecule has 0 amide bonds. The number of imidazole rings is 1. The van der Waals surface area contributed by atoms with Gasteiger partial charge in [-0.05, 0) is 57.7 Å². The molecule has 0 spiro atoms. The molecule has 2 aliphatic rings. The molecule has 0 radical (unpaired) electrons. The number of pyridine rings is 1. The minimum Gasteiger partial charge on any atom is -0.377 e. The van der Waals surface area contributed by atoms with Gasteiger partial charge in [-0.15, -0.1) is 0 Å². The van der Waals surface area contributed by atoms with Gasteiger partial charge < -0.3 is 15.0 Å². The summed E-state index contributed by atoms with van der Waals surface area (Å²) >= 11 is 0. The van der Waals surface area contributed by atoms with Gasteiger partial charge in [0.25, 0.3) is 0 Å². The van der Waals surface area contributed by atoms with Crippen LogP contribution in [-0.2, 0) is 5.54 Å². The minimum atomic E-state index is -0.243. The molecular weight excluding hydrogens is 284 g/mol. The van der Waals surface area contributed by atoms with Gasteiger partial charge in [-0.2, -0.15) is 0 Å². The van der Waals surface area contributed by atoms with Crippen LogP contribution >= 0.6 is 0 Å². The first-order valence-electron chi connectivity index (χ1n) is 8.59. The first-order chi connectivity index (χ1) is 11.0. The molecule has 1 saturated heterocycles. The number of nitrogens with one attached hydrogen (secondary N) is 2. The van der Waals surface area contributed by atoms with Crippen molar-refractivity contribution in [2.24, 2.45) is 11.8 Å². The number of hydrogen-bond acceptors (Lipinski definition) is 3. The van der Waals surface area contributed by atoms with Crippen LogP contribution in [0.15, 0.2) is 36.8 Å². The van der Waals surface area contributed by atoms with Crippen molar-refractivity contribution in [1.82, 2.24) is 20.0 Å². The van der Waals surface area contributed by atoms with Crippen LogP contribution < -0.4 is 10.6 Å². The fraction of sp³-hybridized carbons (Fsp3) is 0.526. The van der Waals surface area contributed by atoms with Crippen molar-refractivity contribution in [3.05, 3.63) is 48.2 Å².